The lowest BCUT2D eigenvalue weighted by molar-refractivity contribution is -0.140. The largest absolute Gasteiger partial charge is 0.480 e. The average molecular weight is 221 g/mol. The van der Waals surface area contributed by atoms with Crippen molar-refractivity contribution in [2.75, 3.05) is 5.75 Å². The maximum atomic E-state index is 11.2. The second-order valence-electron chi connectivity index (χ2n) is 3.25. The van der Waals surface area contributed by atoms with Crippen molar-refractivity contribution in [1.29, 1.82) is 0 Å². The van der Waals surface area contributed by atoms with Gasteiger partial charge in [0.15, 0.2) is 0 Å². The van der Waals surface area contributed by atoms with Gasteiger partial charge in [-0.15, -0.1) is 6.58 Å². The molecule has 0 aromatic rings. The number of carbonyl (C=O) groups is 1. The lowest BCUT2D eigenvalue weighted by atomic mass is 10.1. The van der Waals surface area contributed by atoms with Crippen LogP contribution in [0, 0.1) is 5.92 Å². The van der Waals surface area contributed by atoms with Crippen molar-refractivity contribution in [2.24, 2.45) is 5.92 Å². The first kappa shape index (κ1) is 13.1. The summed E-state index contributed by atoms with van der Waals surface area (Å²) in [5.74, 6) is -1.75. The number of sulfonamides is 1. The Balaban J connectivity index is 4.61. The van der Waals surface area contributed by atoms with Gasteiger partial charge in [0.05, 0.1) is 5.75 Å². The van der Waals surface area contributed by atoms with Crippen LogP contribution < -0.4 is 4.72 Å². The molecule has 0 rings (SSSR count). The molecule has 0 fully saturated rings. The Morgan fingerprint density at radius 1 is 1.57 bits per heavy atom. The molecular formula is C8H15NO4S. The van der Waals surface area contributed by atoms with Crippen LogP contribution in [0.1, 0.15) is 13.8 Å². The van der Waals surface area contributed by atoms with Crippen molar-refractivity contribution in [3.8, 4) is 0 Å². The van der Waals surface area contributed by atoms with Gasteiger partial charge in [0, 0.05) is 0 Å². The van der Waals surface area contributed by atoms with E-state index in [0.717, 1.165) is 0 Å². The second-order valence-corrected chi connectivity index (χ2v) is 5.05. The van der Waals surface area contributed by atoms with E-state index in [1.807, 2.05) is 0 Å². The molecule has 0 radical (unpaired) electrons. The minimum absolute atomic E-state index is 0.274. The molecule has 82 valence electrons. The van der Waals surface area contributed by atoms with Gasteiger partial charge in [-0.05, 0) is 5.92 Å². The summed E-state index contributed by atoms with van der Waals surface area (Å²) in [7, 11) is -3.57. The van der Waals surface area contributed by atoms with Crippen LogP contribution in [-0.2, 0) is 14.8 Å². The third kappa shape index (κ3) is 4.38. The first-order valence-corrected chi connectivity index (χ1v) is 5.79. The molecule has 6 heteroatoms. The highest BCUT2D eigenvalue weighted by Gasteiger charge is 2.25. The summed E-state index contributed by atoms with van der Waals surface area (Å²) in [6.07, 6.45) is 1.21. The van der Waals surface area contributed by atoms with Crippen LogP contribution in [0.15, 0.2) is 12.7 Å². The molecule has 0 spiro atoms. The highest BCUT2D eigenvalue weighted by Crippen LogP contribution is 2.03. The van der Waals surface area contributed by atoms with Crippen molar-refractivity contribution in [1.82, 2.24) is 4.72 Å². The minimum atomic E-state index is -3.57. The third-order valence-corrected chi connectivity index (χ3v) is 2.86. The first-order chi connectivity index (χ1) is 6.30. The number of carboxylic acids is 1. The van der Waals surface area contributed by atoms with E-state index >= 15 is 0 Å². The summed E-state index contributed by atoms with van der Waals surface area (Å²) in [5, 5.41) is 8.72. The van der Waals surface area contributed by atoms with Gasteiger partial charge in [-0.2, -0.15) is 0 Å². The van der Waals surface area contributed by atoms with Crippen LogP contribution in [0.3, 0.4) is 0 Å². The molecule has 2 N–H and O–H groups in total. The zero-order chi connectivity index (χ0) is 11.4. The van der Waals surface area contributed by atoms with E-state index in [0.29, 0.717) is 0 Å². The summed E-state index contributed by atoms with van der Waals surface area (Å²) >= 11 is 0. The van der Waals surface area contributed by atoms with Crippen LogP contribution in [-0.4, -0.2) is 31.3 Å². The molecule has 0 saturated carbocycles. The standard InChI is InChI=1S/C8H15NO4S/c1-4-5-14(12,13)9-7(6(2)3)8(10)11/h4,6-7,9H,1,5H2,2-3H3,(H,10,11)/t7-/m1/s1. The van der Waals surface area contributed by atoms with Crippen molar-refractivity contribution in [3.63, 3.8) is 0 Å². The fraction of sp³-hybridized carbons (Fsp3) is 0.625. The lowest BCUT2D eigenvalue weighted by Gasteiger charge is -2.17. The predicted molar refractivity (Wildman–Crippen MR) is 53.4 cm³/mol. The normalized spacial score (nSPS) is 13.9. The fourth-order valence-electron chi connectivity index (χ4n) is 0.868. The zero-order valence-corrected chi connectivity index (χ0v) is 9.04. The summed E-state index contributed by atoms with van der Waals surface area (Å²) in [6.45, 7) is 6.54. The van der Waals surface area contributed by atoms with Gasteiger partial charge in [-0.3, -0.25) is 4.79 Å². The van der Waals surface area contributed by atoms with E-state index in [4.69, 9.17) is 5.11 Å². The third-order valence-electron chi connectivity index (χ3n) is 1.58. The van der Waals surface area contributed by atoms with Gasteiger partial charge in [0.1, 0.15) is 6.04 Å². The van der Waals surface area contributed by atoms with E-state index in [2.05, 4.69) is 11.3 Å². The summed E-state index contributed by atoms with van der Waals surface area (Å²) < 4.78 is 24.5. The molecule has 0 unspecified atom stereocenters. The molecular weight excluding hydrogens is 206 g/mol. The Kier molecular flexibility index (Phi) is 4.79. The van der Waals surface area contributed by atoms with Gasteiger partial charge >= 0.3 is 5.97 Å². The van der Waals surface area contributed by atoms with Crippen LogP contribution in [0.4, 0.5) is 0 Å². The molecule has 0 aromatic heterocycles. The number of rotatable bonds is 6. The molecule has 0 aromatic carbocycles. The monoisotopic (exact) mass is 221 g/mol. The molecule has 0 aliphatic carbocycles. The Bertz CT molecular complexity index is 307. The number of carboxylic acid groups (broad SMARTS) is 1. The van der Waals surface area contributed by atoms with E-state index in [-0.39, 0.29) is 11.7 Å². The lowest BCUT2D eigenvalue weighted by Crippen LogP contribution is -2.44. The Hall–Kier alpha value is -0.880. The summed E-state index contributed by atoms with van der Waals surface area (Å²) in [4.78, 5) is 10.7. The molecule has 1 atom stereocenters. The zero-order valence-electron chi connectivity index (χ0n) is 8.23. The topological polar surface area (TPSA) is 83.5 Å². The Morgan fingerprint density at radius 2 is 2.07 bits per heavy atom. The first-order valence-electron chi connectivity index (χ1n) is 4.14. The molecule has 5 nitrogen and oxygen atoms in total. The summed E-state index contributed by atoms with van der Waals surface area (Å²) in [5.41, 5.74) is 0. The molecule has 14 heavy (non-hydrogen) atoms. The second kappa shape index (κ2) is 5.11. The van der Waals surface area contributed by atoms with E-state index < -0.39 is 22.0 Å². The van der Waals surface area contributed by atoms with Crippen LogP contribution in [0.25, 0.3) is 0 Å². The minimum Gasteiger partial charge on any atom is -0.480 e. The van der Waals surface area contributed by atoms with Crippen molar-refractivity contribution >= 4 is 16.0 Å². The van der Waals surface area contributed by atoms with Gasteiger partial charge in [0.2, 0.25) is 10.0 Å². The smallest absolute Gasteiger partial charge is 0.321 e. The number of hydrogen-bond donors (Lipinski definition) is 2. The molecule has 0 amide bonds. The fourth-order valence-corrected chi connectivity index (χ4v) is 2.03. The SMILES string of the molecule is C=CCS(=O)(=O)N[C@@H](C(=O)O)C(C)C. The van der Waals surface area contributed by atoms with E-state index in [9.17, 15) is 13.2 Å². The number of nitrogens with one attached hydrogen (secondary N) is 1. The van der Waals surface area contributed by atoms with Gasteiger partial charge in [-0.1, -0.05) is 19.9 Å². The molecule has 0 aliphatic rings. The Labute approximate surface area is 83.9 Å². The predicted octanol–water partition coefficient (Wildman–Crippen LogP) is 0.201. The quantitative estimate of drug-likeness (QED) is 0.628. The van der Waals surface area contributed by atoms with Crippen LogP contribution >= 0.6 is 0 Å². The molecule has 0 bridgehead atoms. The highest BCUT2D eigenvalue weighted by molar-refractivity contribution is 7.89. The molecule has 0 aliphatic heterocycles. The number of aliphatic carboxylic acids is 1. The van der Waals surface area contributed by atoms with Crippen LogP contribution in [0.5, 0.6) is 0 Å². The van der Waals surface area contributed by atoms with Gasteiger partial charge < -0.3 is 5.11 Å². The van der Waals surface area contributed by atoms with E-state index in [1.54, 1.807) is 13.8 Å². The maximum Gasteiger partial charge on any atom is 0.321 e. The van der Waals surface area contributed by atoms with Gasteiger partial charge in [0.25, 0.3) is 0 Å². The van der Waals surface area contributed by atoms with E-state index in [1.165, 1.54) is 6.08 Å². The maximum absolute atomic E-state index is 11.2. The Morgan fingerprint density at radius 3 is 2.36 bits per heavy atom. The average Bonchev–Trinajstić information content (AvgIpc) is 1.99. The highest BCUT2D eigenvalue weighted by atomic mass is 32.2. The number of hydrogen-bond acceptors (Lipinski definition) is 3. The van der Waals surface area contributed by atoms with Gasteiger partial charge in [-0.25, -0.2) is 13.1 Å². The molecule has 0 saturated heterocycles. The van der Waals surface area contributed by atoms with Crippen LogP contribution in [0.2, 0.25) is 0 Å². The summed E-state index contributed by atoms with van der Waals surface area (Å²) in [6, 6.07) is -1.08. The van der Waals surface area contributed by atoms with Crippen molar-refractivity contribution in [3.05, 3.63) is 12.7 Å². The molecule has 0 heterocycles. The van der Waals surface area contributed by atoms with Crippen molar-refractivity contribution < 1.29 is 18.3 Å². The van der Waals surface area contributed by atoms with Crippen molar-refractivity contribution in [2.45, 2.75) is 19.9 Å².